The largest absolute Gasteiger partial charge is 0.488 e. The molecule has 0 radical (unpaired) electrons. The summed E-state index contributed by atoms with van der Waals surface area (Å²) in [4.78, 5) is 40.9. The maximum absolute atomic E-state index is 12.0. The Morgan fingerprint density at radius 1 is 0.581 bits per heavy atom. The number of rotatable bonds is 29. The Balaban J connectivity index is 1.21. The molecule has 2 atom stereocenters. The van der Waals surface area contributed by atoms with E-state index in [4.69, 9.17) is 51.6 Å². The Morgan fingerprint density at radius 3 is 1.36 bits per heavy atom. The van der Waals surface area contributed by atoms with E-state index in [1.165, 1.54) is 14.2 Å². The molecule has 0 aliphatic heterocycles. The molecule has 0 aliphatic carbocycles. The minimum atomic E-state index is -0.995. The number of aromatic nitrogens is 2. The number of aliphatic carboxylic acids is 2. The van der Waals surface area contributed by atoms with E-state index in [9.17, 15) is 19.8 Å². The Kier molecular flexibility index (Phi) is 21.7. The van der Waals surface area contributed by atoms with Crippen molar-refractivity contribution in [1.82, 2.24) is 20.6 Å². The summed E-state index contributed by atoms with van der Waals surface area (Å²) >= 11 is 13.8. The summed E-state index contributed by atoms with van der Waals surface area (Å²) in [5.74, 6) is -0.286. The van der Waals surface area contributed by atoms with Crippen LogP contribution in [0.3, 0.4) is 0 Å². The first-order valence-electron chi connectivity index (χ1n) is 23.8. The number of carboxylic acid groups (broad SMARTS) is 2. The second-order valence-corrected chi connectivity index (χ2v) is 18.1. The average Bonchev–Trinajstić information content (AvgIpc) is 3.38. The predicted molar refractivity (Wildman–Crippen MR) is 287 cm³/mol. The molecule has 4 aromatic carbocycles. The van der Waals surface area contributed by atoms with Crippen LogP contribution in [0.25, 0.3) is 11.1 Å². The first-order valence-corrected chi connectivity index (χ1v) is 24.5. The standard InChI is InChI=1S/C56H62Cl2N6O10/c1-35-41(33-73-53-21-51(71-31-39-17-37(23-59-3)25-61-27-39)43(19-47(53)57)29-63-49(55(65)66)13-15-69-5)9-7-11-45(35)46-12-8-10-42(36(46)2)34-74-54-22-52(72-32-40-18-38(24-60-4)26-62-28-40)44(20-48(54)58)30-64-50(56(67)68)14-16-70-6/h7-12,17-28,49-50,63-64H,13-16,29-34H2,1-6H3,(H,65,66)(H,67,68). The van der Waals surface area contributed by atoms with Crippen molar-refractivity contribution >= 4 is 47.6 Å². The smallest absolute Gasteiger partial charge is 0.320 e. The van der Waals surface area contributed by atoms with Gasteiger partial charge in [-0.25, -0.2) is 0 Å². The molecular weight excluding hydrogens is 988 g/mol. The van der Waals surface area contributed by atoms with Crippen molar-refractivity contribution in [2.75, 3.05) is 41.5 Å². The molecule has 0 bridgehead atoms. The van der Waals surface area contributed by atoms with Gasteiger partial charge in [-0.15, -0.1) is 0 Å². The number of ether oxygens (including phenoxy) is 6. The van der Waals surface area contributed by atoms with Crippen molar-refractivity contribution in [3.05, 3.63) is 163 Å². The van der Waals surface area contributed by atoms with Crippen LogP contribution in [0.5, 0.6) is 23.0 Å². The lowest BCUT2D eigenvalue weighted by Gasteiger charge is -2.20. The van der Waals surface area contributed by atoms with Gasteiger partial charge in [0.05, 0.1) is 10.0 Å². The molecular formula is C56H62Cl2N6O10. The number of nitrogens with one attached hydrogen (secondary N) is 2. The fourth-order valence-electron chi connectivity index (χ4n) is 7.99. The lowest BCUT2D eigenvalue weighted by molar-refractivity contribution is -0.141. The van der Waals surface area contributed by atoms with Gasteiger partial charge in [0, 0.05) is 137 Å². The van der Waals surface area contributed by atoms with Crippen molar-refractivity contribution < 1.29 is 48.2 Å². The molecule has 74 heavy (non-hydrogen) atoms. The molecule has 2 heterocycles. The zero-order valence-electron chi connectivity index (χ0n) is 42.3. The summed E-state index contributed by atoms with van der Waals surface area (Å²) in [5, 5.41) is 26.5. The lowest BCUT2D eigenvalue weighted by Crippen LogP contribution is -2.37. The van der Waals surface area contributed by atoms with E-state index in [0.717, 1.165) is 55.6 Å². The zero-order valence-corrected chi connectivity index (χ0v) is 43.8. The number of carbonyl (C=O) groups is 2. The van der Waals surface area contributed by atoms with Crippen LogP contribution >= 0.6 is 23.2 Å². The fourth-order valence-corrected chi connectivity index (χ4v) is 8.47. The Labute approximate surface area is 441 Å². The molecule has 6 aromatic rings. The van der Waals surface area contributed by atoms with Crippen molar-refractivity contribution in [2.24, 2.45) is 9.98 Å². The van der Waals surface area contributed by atoms with Gasteiger partial charge in [-0.2, -0.15) is 0 Å². The summed E-state index contributed by atoms with van der Waals surface area (Å²) < 4.78 is 35.8. The molecule has 2 aromatic heterocycles. The van der Waals surface area contributed by atoms with E-state index >= 15 is 0 Å². The summed E-state index contributed by atoms with van der Waals surface area (Å²) in [6, 6.07) is 21.2. The zero-order chi connectivity index (χ0) is 53.0. The highest BCUT2D eigenvalue weighted by Gasteiger charge is 2.22. The number of hydrogen-bond donors (Lipinski definition) is 4. The van der Waals surface area contributed by atoms with Crippen molar-refractivity contribution in [2.45, 2.75) is 78.3 Å². The lowest BCUT2D eigenvalue weighted by atomic mass is 9.92. The summed E-state index contributed by atoms with van der Waals surface area (Å²) in [7, 11) is 6.43. The number of pyridine rings is 2. The molecule has 390 valence electrons. The fraction of sp³-hybridized carbons (Fsp3) is 0.321. The third-order valence-electron chi connectivity index (χ3n) is 12.1. The highest BCUT2D eigenvalue weighted by molar-refractivity contribution is 6.32. The molecule has 4 N–H and O–H groups in total. The summed E-state index contributed by atoms with van der Waals surface area (Å²) in [6.07, 6.45) is 10.8. The van der Waals surface area contributed by atoms with Crippen LogP contribution in [-0.2, 0) is 58.6 Å². The molecule has 18 heteroatoms. The summed E-state index contributed by atoms with van der Waals surface area (Å²) in [5.41, 5.74) is 10.4. The molecule has 0 spiro atoms. The van der Waals surface area contributed by atoms with Crippen LogP contribution in [0.15, 0.2) is 108 Å². The quantitative estimate of drug-likeness (QED) is 0.0323. The normalized spacial score (nSPS) is 12.3. The second-order valence-electron chi connectivity index (χ2n) is 17.2. The van der Waals surface area contributed by atoms with Gasteiger partial charge >= 0.3 is 11.9 Å². The van der Waals surface area contributed by atoms with E-state index < -0.39 is 24.0 Å². The van der Waals surface area contributed by atoms with E-state index in [-0.39, 0.29) is 65.6 Å². The van der Waals surface area contributed by atoms with Crippen LogP contribution in [0.2, 0.25) is 10.0 Å². The number of nitrogens with zero attached hydrogens (tertiary/aromatic N) is 4. The van der Waals surface area contributed by atoms with Crippen LogP contribution in [0, 0.1) is 13.8 Å². The first kappa shape index (κ1) is 56.4. The van der Waals surface area contributed by atoms with Gasteiger partial charge < -0.3 is 49.3 Å². The third-order valence-corrected chi connectivity index (χ3v) is 12.6. The van der Waals surface area contributed by atoms with Gasteiger partial charge in [-0.3, -0.25) is 29.5 Å². The van der Waals surface area contributed by atoms with E-state index in [1.54, 1.807) is 75.6 Å². The molecule has 2 unspecified atom stereocenters. The van der Waals surface area contributed by atoms with Crippen molar-refractivity contribution in [1.29, 1.82) is 0 Å². The highest BCUT2D eigenvalue weighted by Crippen LogP contribution is 2.37. The SMILES string of the molecule is CN=Cc1cncc(COc2cc(OCc3cccc(-c4cccc(COc5cc(OCc6cncc(C=NC)c6)c(CNC(CCOC)C(=O)O)cc5Cl)c4C)c3C)c(Cl)cc2CNC(CCOC)C(=O)O)c1. The number of benzene rings is 4. The maximum Gasteiger partial charge on any atom is 0.320 e. The molecule has 0 saturated carbocycles. The van der Waals surface area contributed by atoms with Gasteiger partial charge in [-0.1, -0.05) is 59.6 Å². The molecule has 0 fully saturated rings. The van der Waals surface area contributed by atoms with Crippen molar-refractivity contribution in [3.63, 3.8) is 0 Å². The molecule has 16 nitrogen and oxygen atoms in total. The van der Waals surface area contributed by atoms with Gasteiger partial charge in [0.2, 0.25) is 0 Å². The van der Waals surface area contributed by atoms with Gasteiger partial charge in [0.1, 0.15) is 61.5 Å². The van der Waals surface area contributed by atoms with Gasteiger partial charge in [-0.05, 0) is 84.3 Å². The number of carboxylic acids is 2. The van der Waals surface area contributed by atoms with Gasteiger partial charge in [0.25, 0.3) is 0 Å². The maximum atomic E-state index is 12.0. The minimum absolute atomic E-state index is 0.157. The van der Waals surface area contributed by atoms with Crippen molar-refractivity contribution in [3.8, 4) is 34.1 Å². The number of halogens is 2. The van der Waals surface area contributed by atoms with E-state index in [1.807, 2.05) is 50.2 Å². The summed E-state index contributed by atoms with van der Waals surface area (Å²) in [6.45, 7) is 5.67. The van der Waals surface area contributed by atoms with E-state index in [2.05, 4.69) is 42.7 Å². The minimum Gasteiger partial charge on any atom is -0.488 e. The second kappa shape index (κ2) is 28.5. The van der Waals surface area contributed by atoms with Gasteiger partial charge in [0.15, 0.2) is 0 Å². The number of aliphatic imine (C=N–C) groups is 2. The Morgan fingerprint density at radius 2 is 0.986 bits per heavy atom. The molecule has 0 saturated heterocycles. The van der Waals surface area contributed by atoms with Crippen LogP contribution in [0.4, 0.5) is 0 Å². The molecule has 0 aliphatic rings. The first-order chi connectivity index (χ1) is 35.8. The topological polar surface area (TPSA) is 205 Å². The highest BCUT2D eigenvalue weighted by atomic mass is 35.5. The van der Waals surface area contributed by atoms with E-state index in [0.29, 0.717) is 44.2 Å². The Hall–Kier alpha value is -6.92. The average molecular weight is 1050 g/mol. The molecule has 0 amide bonds. The third kappa shape index (κ3) is 16.0. The number of methoxy groups -OCH3 is 2. The monoisotopic (exact) mass is 1050 g/mol. The predicted octanol–water partition coefficient (Wildman–Crippen LogP) is 9.64. The van der Waals surface area contributed by atoms with Crippen LogP contribution < -0.4 is 29.6 Å². The number of hydrogen-bond acceptors (Lipinski definition) is 14. The van der Waals surface area contributed by atoms with Crippen LogP contribution in [0.1, 0.15) is 68.5 Å². The molecule has 6 rings (SSSR count). The van der Waals surface area contributed by atoms with Crippen LogP contribution in [-0.4, -0.2) is 98.2 Å². The Bertz CT molecular complexity index is 2720.